The number of hydrogen-bond donors (Lipinski definition) is 1. The van der Waals surface area contributed by atoms with Crippen molar-refractivity contribution in [3.8, 4) is 0 Å². The van der Waals surface area contributed by atoms with Crippen molar-refractivity contribution in [1.29, 1.82) is 0 Å². The van der Waals surface area contributed by atoms with Gasteiger partial charge in [0.1, 0.15) is 5.15 Å². The molecular weight excluding hydrogens is 250 g/mol. The molecule has 1 amide bonds. The molecule has 1 aromatic heterocycles. The van der Waals surface area contributed by atoms with Gasteiger partial charge in [-0.15, -0.1) is 0 Å². The first-order valence-electron chi connectivity index (χ1n) is 6.32. The van der Waals surface area contributed by atoms with Crippen LogP contribution in [0.3, 0.4) is 0 Å². The van der Waals surface area contributed by atoms with Crippen LogP contribution in [0.15, 0.2) is 12.3 Å². The standard InChI is InChI=1S/C13H18ClN3O/c1-2-9-3-5-17(6-4-9)13(18)11-7-10(15)8-16-12(11)14/h7-9H,2-6,15H2,1H3. The smallest absolute Gasteiger partial charge is 0.257 e. The molecule has 18 heavy (non-hydrogen) atoms. The second-order valence-electron chi connectivity index (χ2n) is 4.75. The number of carbonyl (C=O) groups excluding carboxylic acids is 1. The lowest BCUT2D eigenvalue weighted by atomic mass is 9.94. The van der Waals surface area contributed by atoms with Crippen LogP contribution in [0.25, 0.3) is 0 Å². The fourth-order valence-electron chi connectivity index (χ4n) is 2.33. The highest BCUT2D eigenvalue weighted by molar-refractivity contribution is 6.32. The zero-order chi connectivity index (χ0) is 13.1. The number of pyridine rings is 1. The van der Waals surface area contributed by atoms with E-state index in [0.29, 0.717) is 11.3 Å². The Morgan fingerprint density at radius 1 is 1.56 bits per heavy atom. The van der Waals surface area contributed by atoms with E-state index in [2.05, 4.69) is 11.9 Å². The topological polar surface area (TPSA) is 59.2 Å². The lowest BCUT2D eigenvalue weighted by Crippen LogP contribution is -2.38. The quantitative estimate of drug-likeness (QED) is 0.838. The molecule has 0 aliphatic carbocycles. The minimum Gasteiger partial charge on any atom is -0.397 e. The van der Waals surface area contributed by atoms with Crippen LogP contribution in [0, 0.1) is 5.92 Å². The summed E-state index contributed by atoms with van der Waals surface area (Å²) in [6.07, 6.45) is 4.77. The Hall–Kier alpha value is -1.29. The molecule has 1 aliphatic heterocycles. The normalized spacial score (nSPS) is 16.9. The average Bonchev–Trinajstić information content (AvgIpc) is 2.41. The monoisotopic (exact) mass is 267 g/mol. The molecule has 0 saturated carbocycles. The van der Waals surface area contributed by atoms with Gasteiger partial charge >= 0.3 is 0 Å². The zero-order valence-corrected chi connectivity index (χ0v) is 11.3. The van der Waals surface area contributed by atoms with Gasteiger partial charge in [0.25, 0.3) is 5.91 Å². The van der Waals surface area contributed by atoms with E-state index in [4.69, 9.17) is 17.3 Å². The molecular formula is C13H18ClN3O. The van der Waals surface area contributed by atoms with Crippen LogP contribution in [0.2, 0.25) is 5.15 Å². The molecule has 1 fully saturated rings. The van der Waals surface area contributed by atoms with Crippen LogP contribution in [-0.4, -0.2) is 28.9 Å². The summed E-state index contributed by atoms with van der Waals surface area (Å²) >= 11 is 5.95. The Balaban J connectivity index is 2.10. The molecule has 4 nitrogen and oxygen atoms in total. The highest BCUT2D eigenvalue weighted by atomic mass is 35.5. The van der Waals surface area contributed by atoms with Crippen molar-refractivity contribution in [3.63, 3.8) is 0 Å². The number of likely N-dealkylation sites (tertiary alicyclic amines) is 1. The molecule has 0 aromatic carbocycles. The number of nitrogens with zero attached hydrogens (tertiary/aromatic N) is 2. The van der Waals surface area contributed by atoms with Crippen molar-refractivity contribution in [2.45, 2.75) is 26.2 Å². The van der Waals surface area contributed by atoms with Gasteiger partial charge in [0.05, 0.1) is 17.4 Å². The summed E-state index contributed by atoms with van der Waals surface area (Å²) in [6, 6.07) is 1.60. The predicted octanol–water partition coefficient (Wildman–Crippen LogP) is 2.58. The molecule has 2 heterocycles. The van der Waals surface area contributed by atoms with E-state index in [9.17, 15) is 4.79 Å². The van der Waals surface area contributed by atoms with E-state index >= 15 is 0 Å². The number of halogens is 1. The SMILES string of the molecule is CCC1CCN(C(=O)c2cc(N)cnc2Cl)CC1. The van der Waals surface area contributed by atoms with Crippen LogP contribution >= 0.6 is 11.6 Å². The van der Waals surface area contributed by atoms with Crippen molar-refractivity contribution in [2.24, 2.45) is 5.92 Å². The molecule has 0 spiro atoms. The van der Waals surface area contributed by atoms with Gasteiger partial charge in [0, 0.05) is 13.1 Å². The Labute approximate surface area is 112 Å². The van der Waals surface area contributed by atoms with Gasteiger partial charge in [0.15, 0.2) is 0 Å². The number of aromatic nitrogens is 1. The first kappa shape index (κ1) is 13.1. The number of piperidine rings is 1. The van der Waals surface area contributed by atoms with Crippen molar-refractivity contribution >= 4 is 23.2 Å². The van der Waals surface area contributed by atoms with E-state index in [1.165, 1.54) is 12.6 Å². The van der Waals surface area contributed by atoms with Gasteiger partial charge in [-0.3, -0.25) is 4.79 Å². The first-order valence-corrected chi connectivity index (χ1v) is 6.70. The van der Waals surface area contributed by atoms with Crippen molar-refractivity contribution < 1.29 is 4.79 Å². The van der Waals surface area contributed by atoms with Crippen molar-refractivity contribution in [1.82, 2.24) is 9.88 Å². The molecule has 2 N–H and O–H groups in total. The number of amides is 1. The summed E-state index contributed by atoms with van der Waals surface area (Å²) in [5.74, 6) is 0.679. The van der Waals surface area contributed by atoms with Gasteiger partial charge in [0.2, 0.25) is 0 Å². The fourth-order valence-corrected chi connectivity index (χ4v) is 2.51. The Kier molecular flexibility index (Phi) is 4.07. The van der Waals surface area contributed by atoms with Crippen molar-refractivity contribution in [2.75, 3.05) is 18.8 Å². The fraction of sp³-hybridized carbons (Fsp3) is 0.538. The first-order chi connectivity index (χ1) is 8.61. The number of nitrogens with two attached hydrogens (primary N) is 1. The molecule has 98 valence electrons. The molecule has 0 bridgehead atoms. The maximum Gasteiger partial charge on any atom is 0.257 e. The van der Waals surface area contributed by atoms with Crippen LogP contribution in [0.4, 0.5) is 5.69 Å². The number of anilines is 1. The summed E-state index contributed by atoms with van der Waals surface area (Å²) in [5.41, 5.74) is 6.52. The Bertz CT molecular complexity index is 442. The molecule has 0 unspecified atom stereocenters. The number of hydrogen-bond acceptors (Lipinski definition) is 3. The molecule has 1 saturated heterocycles. The summed E-state index contributed by atoms with van der Waals surface area (Å²) < 4.78 is 0. The zero-order valence-electron chi connectivity index (χ0n) is 10.5. The molecule has 1 aliphatic rings. The largest absolute Gasteiger partial charge is 0.397 e. The van der Waals surface area contributed by atoms with Crippen LogP contribution in [0.5, 0.6) is 0 Å². The lowest BCUT2D eigenvalue weighted by Gasteiger charge is -2.31. The molecule has 5 heteroatoms. The number of nitrogen functional groups attached to an aromatic ring is 1. The maximum atomic E-state index is 12.3. The second kappa shape index (κ2) is 5.57. The third-order valence-corrected chi connectivity index (χ3v) is 3.87. The minimum absolute atomic E-state index is 0.0608. The Morgan fingerprint density at radius 2 is 2.22 bits per heavy atom. The van der Waals surface area contributed by atoms with E-state index < -0.39 is 0 Å². The number of carbonyl (C=O) groups is 1. The summed E-state index contributed by atoms with van der Waals surface area (Å²) in [4.78, 5) is 18.1. The van der Waals surface area contributed by atoms with Gasteiger partial charge < -0.3 is 10.6 Å². The third-order valence-electron chi connectivity index (χ3n) is 3.57. The highest BCUT2D eigenvalue weighted by Crippen LogP contribution is 2.23. The maximum absolute atomic E-state index is 12.3. The second-order valence-corrected chi connectivity index (χ2v) is 5.11. The highest BCUT2D eigenvalue weighted by Gasteiger charge is 2.24. The van der Waals surface area contributed by atoms with Crippen molar-refractivity contribution in [3.05, 3.63) is 23.0 Å². The molecule has 0 atom stereocenters. The summed E-state index contributed by atoms with van der Waals surface area (Å²) in [5, 5.41) is 0.229. The van der Waals surface area contributed by atoms with Crippen LogP contribution < -0.4 is 5.73 Å². The number of rotatable bonds is 2. The minimum atomic E-state index is -0.0608. The molecule has 0 radical (unpaired) electrons. The van der Waals surface area contributed by atoms with Gasteiger partial charge in [-0.1, -0.05) is 24.9 Å². The van der Waals surface area contributed by atoms with E-state index in [0.717, 1.165) is 31.8 Å². The van der Waals surface area contributed by atoms with Crippen LogP contribution in [-0.2, 0) is 0 Å². The van der Waals surface area contributed by atoms with Gasteiger partial charge in [-0.2, -0.15) is 0 Å². The Morgan fingerprint density at radius 3 is 2.83 bits per heavy atom. The molecule has 2 rings (SSSR count). The van der Waals surface area contributed by atoms with E-state index in [1.54, 1.807) is 6.07 Å². The lowest BCUT2D eigenvalue weighted by molar-refractivity contribution is 0.0688. The molecule has 1 aromatic rings. The van der Waals surface area contributed by atoms with Crippen LogP contribution in [0.1, 0.15) is 36.5 Å². The summed E-state index contributed by atoms with van der Waals surface area (Å²) in [6.45, 7) is 3.78. The average molecular weight is 268 g/mol. The van der Waals surface area contributed by atoms with Gasteiger partial charge in [-0.25, -0.2) is 4.98 Å². The predicted molar refractivity (Wildman–Crippen MR) is 72.6 cm³/mol. The third kappa shape index (κ3) is 2.75. The van der Waals surface area contributed by atoms with E-state index in [-0.39, 0.29) is 11.1 Å². The summed E-state index contributed by atoms with van der Waals surface area (Å²) in [7, 11) is 0. The van der Waals surface area contributed by atoms with E-state index in [1.807, 2.05) is 4.90 Å². The van der Waals surface area contributed by atoms with Gasteiger partial charge in [-0.05, 0) is 24.8 Å².